The minimum atomic E-state index is -1.03. The number of aromatic nitrogens is 3. The van der Waals surface area contributed by atoms with Crippen LogP contribution < -0.4 is 9.64 Å². The number of nitrogens with zero attached hydrogens (tertiary/aromatic N) is 4. The Morgan fingerprint density at radius 2 is 1.79 bits per heavy atom. The molecule has 5 aromatic rings. The van der Waals surface area contributed by atoms with Crippen LogP contribution in [-0.2, 0) is 13.7 Å². The van der Waals surface area contributed by atoms with Gasteiger partial charge in [0.25, 0.3) is 0 Å². The van der Waals surface area contributed by atoms with Gasteiger partial charge >= 0.3 is 5.97 Å². The molecule has 3 aromatic carbocycles. The molecule has 2 aliphatic rings. The van der Waals surface area contributed by atoms with Gasteiger partial charge < -0.3 is 19.3 Å². The van der Waals surface area contributed by atoms with E-state index >= 15 is 0 Å². The first-order valence-corrected chi connectivity index (χ1v) is 14.7. The molecule has 1 aliphatic heterocycles. The van der Waals surface area contributed by atoms with Crippen molar-refractivity contribution in [3.05, 3.63) is 92.2 Å². The normalized spacial score (nSPS) is 15.3. The van der Waals surface area contributed by atoms with E-state index in [0.29, 0.717) is 43.4 Å². The number of carboxylic acid groups (broad SMARTS) is 1. The van der Waals surface area contributed by atoms with Crippen LogP contribution in [0.25, 0.3) is 22.2 Å². The van der Waals surface area contributed by atoms with Crippen LogP contribution >= 0.6 is 34.8 Å². The summed E-state index contributed by atoms with van der Waals surface area (Å²) in [5.74, 6) is 0.996. The van der Waals surface area contributed by atoms with Gasteiger partial charge in [0.1, 0.15) is 23.8 Å². The van der Waals surface area contributed by atoms with Gasteiger partial charge in [-0.25, -0.2) is 4.79 Å². The van der Waals surface area contributed by atoms with Gasteiger partial charge in [0.15, 0.2) is 5.69 Å². The van der Waals surface area contributed by atoms with Crippen molar-refractivity contribution >= 4 is 57.4 Å². The number of fused-ring (bicyclic) bond motifs is 1. The molecular weight excluding hydrogens is 599 g/mol. The number of aromatic carboxylic acids is 1. The third-order valence-corrected chi connectivity index (χ3v) is 8.97. The third-order valence-electron chi connectivity index (χ3n) is 8.04. The van der Waals surface area contributed by atoms with E-state index in [2.05, 4.69) is 15.2 Å². The number of ether oxygens (including phenoxy) is 1. The van der Waals surface area contributed by atoms with Gasteiger partial charge in [-0.1, -0.05) is 52.1 Å². The summed E-state index contributed by atoms with van der Waals surface area (Å²) in [5, 5.41) is 20.3. The zero-order chi connectivity index (χ0) is 29.1. The number of benzene rings is 3. The molecule has 0 atom stereocenters. The largest absolute Gasteiger partial charge is 0.489 e. The lowest BCUT2D eigenvalue weighted by molar-refractivity contribution is 0.0691. The molecule has 7 rings (SSSR count). The summed E-state index contributed by atoms with van der Waals surface area (Å²) in [4.78, 5) is 13.8. The topological polar surface area (TPSA) is 93.6 Å². The van der Waals surface area contributed by atoms with Crippen LogP contribution in [0.2, 0.25) is 15.1 Å². The molecule has 0 radical (unpaired) electrons. The zero-order valence-corrected chi connectivity index (χ0v) is 24.7. The van der Waals surface area contributed by atoms with Crippen molar-refractivity contribution in [3.8, 4) is 17.0 Å². The van der Waals surface area contributed by atoms with E-state index in [1.807, 2.05) is 36.4 Å². The number of hydrogen-bond donors (Lipinski definition) is 1. The fourth-order valence-corrected chi connectivity index (χ4v) is 6.49. The van der Waals surface area contributed by atoms with Crippen LogP contribution in [0.3, 0.4) is 0 Å². The highest BCUT2D eigenvalue weighted by molar-refractivity contribution is 6.39. The Balaban J connectivity index is 1.06. The summed E-state index contributed by atoms with van der Waals surface area (Å²) in [6.45, 7) is 1.77. The molecule has 3 heterocycles. The molecule has 2 fully saturated rings. The van der Waals surface area contributed by atoms with Gasteiger partial charge in [-0.2, -0.15) is 5.10 Å². The second kappa shape index (κ2) is 10.5. The molecule has 0 unspecified atom stereocenters. The van der Waals surface area contributed by atoms with Crippen molar-refractivity contribution in [2.24, 2.45) is 7.05 Å². The Morgan fingerprint density at radius 1 is 1.02 bits per heavy atom. The quantitative estimate of drug-likeness (QED) is 0.187. The SMILES string of the molecule is Cn1nc(C(=O)O)c2cc(C3CN(c4ccc(OCc5c(-c6c(Cl)cccc6Cl)noc5C5CC5)cc4Cl)C3)ccc21. The summed E-state index contributed by atoms with van der Waals surface area (Å²) in [5.41, 5.74) is 4.95. The highest BCUT2D eigenvalue weighted by Crippen LogP contribution is 2.46. The second-order valence-electron chi connectivity index (χ2n) is 10.8. The van der Waals surface area contributed by atoms with Crippen molar-refractivity contribution in [3.63, 3.8) is 0 Å². The average molecular weight is 624 g/mol. The summed E-state index contributed by atoms with van der Waals surface area (Å²) in [6.07, 6.45) is 2.10. The van der Waals surface area contributed by atoms with Gasteiger partial charge in [0.2, 0.25) is 0 Å². The molecule has 2 aromatic heterocycles. The van der Waals surface area contributed by atoms with Crippen molar-refractivity contribution in [1.82, 2.24) is 14.9 Å². The molecule has 1 N–H and O–H groups in total. The number of carbonyl (C=O) groups is 1. The van der Waals surface area contributed by atoms with Crippen LogP contribution in [0.4, 0.5) is 5.69 Å². The Hall–Kier alpha value is -3.72. The molecule has 1 saturated carbocycles. The molecule has 214 valence electrons. The summed E-state index contributed by atoms with van der Waals surface area (Å²) in [7, 11) is 1.75. The standard InChI is InChI=1S/C31H25Cl3N4O4/c1-37-25-9-7-17(11-20(25)29(35-37)31(39)40)18-13-38(14-18)26-10-8-19(12-24(26)34)41-15-21-28(36-42-30(21)16-5-6-16)27-22(32)3-2-4-23(27)33/h2-4,7-12,16,18H,5-6,13-15H2,1H3,(H,39,40). The average Bonchev–Trinajstić information content (AvgIpc) is 3.61. The van der Waals surface area contributed by atoms with Crippen LogP contribution in [-0.4, -0.2) is 39.1 Å². The van der Waals surface area contributed by atoms with E-state index in [1.165, 1.54) is 0 Å². The van der Waals surface area contributed by atoms with Gasteiger partial charge in [0, 0.05) is 49.0 Å². The van der Waals surface area contributed by atoms with E-state index in [-0.39, 0.29) is 18.2 Å². The summed E-state index contributed by atoms with van der Waals surface area (Å²) >= 11 is 19.7. The zero-order valence-electron chi connectivity index (χ0n) is 22.5. The predicted octanol–water partition coefficient (Wildman–Crippen LogP) is 7.95. The Morgan fingerprint density at radius 3 is 2.48 bits per heavy atom. The first-order chi connectivity index (χ1) is 20.3. The maximum absolute atomic E-state index is 11.6. The molecule has 11 heteroatoms. The fourth-order valence-electron chi connectivity index (χ4n) is 5.62. The maximum Gasteiger partial charge on any atom is 0.357 e. The lowest BCUT2D eigenvalue weighted by atomic mass is 9.90. The number of rotatable bonds is 8. The van der Waals surface area contributed by atoms with Crippen molar-refractivity contribution in [1.29, 1.82) is 0 Å². The molecule has 1 saturated heterocycles. The third kappa shape index (κ3) is 4.77. The lowest BCUT2D eigenvalue weighted by Crippen LogP contribution is -2.45. The number of hydrogen-bond acceptors (Lipinski definition) is 6. The molecular formula is C31H25Cl3N4O4. The van der Waals surface area contributed by atoms with Crippen LogP contribution in [0.15, 0.2) is 59.1 Å². The smallest absolute Gasteiger partial charge is 0.357 e. The van der Waals surface area contributed by atoms with Gasteiger partial charge in [-0.3, -0.25) is 4.68 Å². The van der Waals surface area contributed by atoms with E-state index in [0.717, 1.165) is 54.0 Å². The van der Waals surface area contributed by atoms with E-state index in [4.69, 9.17) is 44.1 Å². The summed E-state index contributed by atoms with van der Waals surface area (Å²) in [6, 6.07) is 17.0. The van der Waals surface area contributed by atoms with E-state index in [1.54, 1.807) is 29.9 Å². The van der Waals surface area contributed by atoms with Crippen molar-refractivity contribution < 1.29 is 19.2 Å². The van der Waals surface area contributed by atoms with Crippen molar-refractivity contribution in [2.45, 2.75) is 31.3 Å². The highest BCUT2D eigenvalue weighted by atomic mass is 35.5. The highest BCUT2D eigenvalue weighted by Gasteiger charge is 2.34. The molecule has 42 heavy (non-hydrogen) atoms. The van der Waals surface area contributed by atoms with Crippen LogP contribution in [0.1, 0.15) is 52.1 Å². The Kier molecular flexibility index (Phi) is 6.80. The Labute approximate surface area is 256 Å². The van der Waals surface area contributed by atoms with Crippen LogP contribution in [0, 0.1) is 0 Å². The monoisotopic (exact) mass is 622 g/mol. The second-order valence-corrected chi connectivity index (χ2v) is 12.0. The fraction of sp³-hybridized carbons (Fsp3) is 0.258. The van der Waals surface area contributed by atoms with E-state index < -0.39 is 5.97 Å². The maximum atomic E-state index is 11.6. The van der Waals surface area contributed by atoms with E-state index in [9.17, 15) is 9.90 Å². The minimum Gasteiger partial charge on any atom is -0.489 e. The van der Waals surface area contributed by atoms with Crippen molar-refractivity contribution in [2.75, 3.05) is 18.0 Å². The number of aryl methyl sites for hydroxylation is 1. The molecule has 0 amide bonds. The number of carboxylic acids is 1. The molecule has 0 bridgehead atoms. The van der Waals surface area contributed by atoms with Gasteiger partial charge in [-0.05, 0) is 54.8 Å². The molecule has 8 nitrogen and oxygen atoms in total. The lowest BCUT2D eigenvalue weighted by Gasteiger charge is -2.42. The summed E-state index contributed by atoms with van der Waals surface area (Å²) < 4.78 is 13.5. The van der Waals surface area contributed by atoms with Crippen LogP contribution in [0.5, 0.6) is 5.75 Å². The first kappa shape index (κ1) is 27.1. The predicted molar refractivity (Wildman–Crippen MR) is 162 cm³/mol. The molecule has 0 spiro atoms. The van der Waals surface area contributed by atoms with Gasteiger partial charge in [-0.15, -0.1) is 0 Å². The Bertz CT molecular complexity index is 1840. The minimum absolute atomic E-state index is 0.0710. The van der Waals surface area contributed by atoms with Gasteiger partial charge in [0.05, 0.1) is 31.8 Å². The number of halogens is 3. The number of anilines is 1. The first-order valence-electron chi connectivity index (χ1n) is 13.6. The molecule has 1 aliphatic carbocycles.